The molecule has 0 N–H and O–H groups in total. The lowest BCUT2D eigenvalue weighted by Gasteiger charge is -2.28. The molecule has 18 heavy (non-hydrogen) atoms. The Morgan fingerprint density at radius 3 is 2.83 bits per heavy atom. The van der Waals surface area contributed by atoms with Gasteiger partial charge in [-0.15, -0.1) is 0 Å². The van der Waals surface area contributed by atoms with Crippen molar-refractivity contribution < 1.29 is 0 Å². The van der Waals surface area contributed by atoms with Gasteiger partial charge < -0.3 is 0 Å². The molecule has 0 heteroatoms. The van der Waals surface area contributed by atoms with Crippen LogP contribution in [0.15, 0.2) is 42.0 Å². The van der Waals surface area contributed by atoms with Crippen LogP contribution in [0.25, 0.3) is 16.8 Å². The van der Waals surface area contributed by atoms with Crippen LogP contribution < -0.4 is 0 Å². The molecule has 0 spiro atoms. The first-order valence-corrected chi connectivity index (χ1v) is 6.65. The van der Waals surface area contributed by atoms with Crippen molar-refractivity contribution in [2.24, 2.45) is 0 Å². The fraction of sp³-hybridized carbons (Fsp3) is 0.222. The second-order valence-corrected chi connectivity index (χ2v) is 5.52. The molecule has 0 aliphatic heterocycles. The molecule has 2 aromatic rings. The molecule has 0 bridgehead atoms. The van der Waals surface area contributed by atoms with Crippen molar-refractivity contribution in [1.82, 2.24) is 0 Å². The van der Waals surface area contributed by atoms with Gasteiger partial charge in [-0.05, 0) is 53.3 Å². The Bertz CT molecular complexity index is 729. The summed E-state index contributed by atoms with van der Waals surface area (Å²) in [7, 11) is 0. The topological polar surface area (TPSA) is 0 Å². The molecule has 0 radical (unpaired) electrons. The smallest absolute Gasteiger partial charge is 0.0238 e. The van der Waals surface area contributed by atoms with E-state index in [0.717, 1.165) is 6.42 Å². The fourth-order valence-corrected chi connectivity index (χ4v) is 3.44. The first-order valence-electron chi connectivity index (χ1n) is 6.65. The van der Waals surface area contributed by atoms with Crippen LogP contribution >= 0.6 is 0 Å². The molecular formula is C18H16. The second kappa shape index (κ2) is 3.35. The number of benzene rings is 2. The SMILES string of the molecule is CC1=CCc2ccc3c(C)ccc4c3c2C1C=C4. The van der Waals surface area contributed by atoms with E-state index in [9.17, 15) is 0 Å². The van der Waals surface area contributed by atoms with Gasteiger partial charge in [0.15, 0.2) is 0 Å². The highest BCUT2D eigenvalue weighted by Gasteiger charge is 2.24. The summed E-state index contributed by atoms with van der Waals surface area (Å²) in [5.41, 5.74) is 7.35. The van der Waals surface area contributed by atoms with E-state index >= 15 is 0 Å². The maximum atomic E-state index is 2.38. The number of rotatable bonds is 0. The highest BCUT2D eigenvalue weighted by Crippen LogP contribution is 2.43. The molecule has 2 aliphatic rings. The maximum Gasteiger partial charge on any atom is 0.0238 e. The molecule has 4 rings (SSSR count). The standard InChI is InChI=1S/C18H16/c1-11-3-5-13-8-10-16-12(2)4-6-14-7-9-15(11)17(13)18(14)16/h3-5,7-10,16H,6H2,1-2H3. The molecule has 0 saturated heterocycles. The zero-order valence-corrected chi connectivity index (χ0v) is 10.8. The van der Waals surface area contributed by atoms with Crippen molar-refractivity contribution in [1.29, 1.82) is 0 Å². The molecular weight excluding hydrogens is 216 g/mol. The summed E-state index contributed by atoms with van der Waals surface area (Å²) in [5.74, 6) is 0.506. The van der Waals surface area contributed by atoms with Gasteiger partial charge in [0.2, 0.25) is 0 Å². The Hall–Kier alpha value is -1.82. The minimum atomic E-state index is 0.506. The van der Waals surface area contributed by atoms with Crippen LogP contribution in [0, 0.1) is 6.92 Å². The van der Waals surface area contributed by atoms with Gasteiger partial charge >= 0.3 is 0 Å². The molecule has 0 aromatic heterocycles. The minimum absolute atomic E-state index is 0.506. The van der Waals surface area contributed by atoms with Crippen LogP contribution in [0.2, 0.25) is 0 Å². The summed E-state index contributed by atoms with van der Waals surface area (Å²) in [5, 5.41) is 2.92. The lowest BCUT2D eigenvalue weighted by atomic mass is 9.75. The molecule has 1 atom stereocenters. The Balaban J connectivity index is 2.21. The van der Waals surface area contributed by atoms with Gasteiger partial charge in [0.25, 0.3) is 0 Å². The fourth-order valence-electron chi connectivity index (χ4n) is 3.44. The Labute approximate surface area is 108 Å². The predicted octanol–water partition coefficient (Wildman–Crippen LogP) is 4.76. The number of hydrogen-bond donors (Lipinski definition) is 0. The van der Waals surface area contributed by atoms with Crippen molar-refractivity contribution in [3.8, 4) is 0 Å². The van der Waals surface area contributed by atoms with Crippen molar-refractivity contribution >= 4 is 16.8 Å². The van der Waals surface area contributed by atoms with E-state index in [1.54, 1.807) is 5.56 Å². The van der Waals surface area contributed by atoms with Gasteiger partial charge in [0.1, 0.15) is 0 Å². The van der Waals surface area contributed by atoms with Crippen molar-refractivity contribution in [3.63, 3.8) is 0 Å². The van der Waals surface area contributed by atoms with E-state index in [-0.39, 0.29) is 0 Å². The van der Waals surface area contributed by atoms with Crippen LogP contribution in [0.5, 0.6) is 0 Å². The average Bonchev–Trinajstić information content (AvgIpc) is 2.40. The number of hydrogen-bond acceptors (Lipinski definition) is 0. The highest BCUT2D eigenvalue weighted by molar-refractivity contribution is 5.99. The summed E-state index contributed by atoms with van der Waals surface area (Å²) < 4.78 is 0. The van der Waals surface area contributed by atoms with Crippen molar-refractivity contribution in [2.75, 3.05) is 0 Å². The lowest BCUT2D eigenvalue weighted by Crippen LogP contribution is -2.11. The van der Waals surface area contributed by atoms with Crippen LogP contribution in [-0.4, -0.2) is 0 Å². The third-order valence-electron chi connectivity index (χ3n) is 4.48. The summed E-state index contributed by atoms with van der Waals surface area (Å²) in [6, 6.07) is 9.12. The Morgan fingerprint density at radius 2 is 1.94 bits per heavy atom. The molecule has 0 saturated carbocycles. The molecule has 0 fully saturated rings. The van der Waals surface area contributed by atoms with Gasteiger partial charge in [0.05, 0.1) is 0 Å². The highest BCUT2D eigenvalue weighted by atomic mass is 14.3. The van der Waals surface area contributed by atoms with Gasteiger partial charge in [-0.25, -0.2) is 0 Å². The van der Waals surface area contributed by atoms with E-state index in [4.69, 9.17) is 0 Å². The first-order chi connectivity index (χ1) is 8.75. The zero-order valence-electron chi connectivity index (χ0n) is 10.8. The molecule has 0 amide bonds. The molecule has 2 aromatic carbocycles. The van der Waals surface area contributed by atoms with E-state index in [0.29, 0.717) is 5.92 Å². The van der Waals surface area contributed by atoms with Gasteiger partial charge in [-0.2, -0.15) is 0 Å². The Kier molecular flexibility index (Phi) is 1.89. The monoisotopic (exact) mass is 232 g/mol. The van der Waals surface area contributed by atoms with E-state index < -0.39 is 0 Å². The van der Waals surface area contributed by atoms with E-state index in [2.05, 4.69) is 56.3 Å². The largest absolute Gasteiger partial charge is 0.0803 e. The van der Waals surface area contributed by atoms with Crippen LogP contribution in [-0.2, 0) is 6.42 Å². The quantitative estimate of drug-likeness (QED) is 0.574. The zero-order chi connectivity index (χ0) is 12.3. The first kappa shape index (κ1) is 10.1. The van der Waals surface area contributed by atoms with Crippen LogP contribution in [0.3, 0.4) is 0 Å². The number of aryl methyl sites for hydroxylation is 1. The van der Waals surface area contributed by atoms with E-state index in [1.807, 2.05) is 0 Å². The minimum Gasteiger partial charge on any atom is -0.0803 e. The summed E-state index contributed by atoms with van der Waals surface area (Å²) >= 11 is 0. The molecule has 1 unspecified atom stereocenters. The third-order valence-corrected chi connectivity index (χ3v) is 4.48. The van der Waals surface area contributed by atoms with Gasteiger partial charge in [-0.3, -0.25) is 0 Å². The lowest BCUT2D eigenvalue weighted by molar-refractivity contribution is 0.925. The summed E-state index contributed by atoms with van der Waals surface area (Å²) in [4.78, 5) is 0. The molecule has 2 aliphatic carbocycles. The van der Waals surface area contributed by atoms with Crippen LogP contribution in [0.4, 0.5) is 0 Å². The van der Waals surface area contributed by atoms with Crippen molar-refractivity contribution in [2.45, 2.75) is 26.2 Å². The van der Waals surface area contributed by atoms with E-state index in [1.165, 1.54) is 33.0 Å². The molecule has 0 heterocycles. The summed E-state index contributed by atoms with van der Waals surface area (Å²) in [6.07, 6.45) is 8.13. The molecule has 88 valence electrons. The molecule has 0 nitrogen and oxygen atoms in total. The summed E-state index contributed by atoms with van der Waals surface area (Å²) in [6.45, 7) is 4.47. The predicted molar refractivity (Wildman–Crippen MR) is 77.9 cm³/mol. The average molecular weight is 232 g/mol. The third kappa shape index (κ3) is 1.16. The van der Waals surface area contributed by atoms with Gasteiger partial charge in [-0.1, -0.05) is 48.1 Å². The Morgan fingerprint density at radius 1 is 1.06 bits per heavy atom. The maximum absolute atomic E-state index is 2.38. The van der Waals surface area contributed by atoms with Crippen molar-refractivity contribution in [3.05, 3.63) is 64.2 Å². The van der Waals surface area contributed by atoms with Gasteiger partial charge in [0, 0.05) is 5.92 Å². The van der Waals surface area contributed by atoms with Crippen LogP contribution in [0.1, 0.15) is 35.1 Å². The number of allylic oxidation sites excluding steroid dienone is 3. The second-order valence-electron chi connectivity index (χ2n) is 5.52. The normalized spacial score (nSPS) is 20.1.